The highest BCUT2D eigenvalue weighted by Gasteiger charge is 2.65. The molecule has 4 amide bonds. The number of thiazole rings is 1. The van der Waals surface area contributed by atoms with Crippen LogP contribution in [0.25, 0.3) is 0 Å². The number of aromatic nitrogens is 1. The number of alkyl carbamates (subject to hydrolysis) is 1. The molecule has 1 saturated carbocycles. The molecule has 11 heteroatoms. The first-order valence-corrected chi connectivity index (χ1v) is 13.7. The molecule has 0 saturated heterocycles. The number of aryl methyl sites for hydroxylation is 1. The number of rotatable bonds is 7. The van der Waals surface area contributed by atoms with Crippen molar-refractivity contribution in [3.63, 3.8) is 0 Å². The third kappa shape index (κ3) is 6.84. The van der Waals surface area contributed by atoms with Gasteiger partial charge in [0.2, 0.25) is 5.60 Å². The molecule has 2 aromatic carbocycles. The Balaban J connectivity index is 1.42. The number of hydrogen-bond acceptors (Lipinski definition) is 7. The first-order chi connectivity index (χ1) is 18.9. The van der Waals surface area contributed by atoms with Gasteiger partial charge in [-0.15, -0.1) is 11.3 Å². The minimum Gasteiger partial charge on any atom is -0.432 e. The van der Waals surface area contributed by atoms with Gasteiger partial charge in [-0.1, -0.05) is 36.4 Å². The average molecular weight is 564 g/mol. The average Bonchev–Trinajstić information content (AvgIpc) is 3.49. The Morgan fingerprint density at radius 1 is 1.05 bits per heavy atom. The minimum absolute atomic E-state index is 0.181. The summed E-state index contributed by atoms with van der Waals surface area (Å²) in [6.07, 6.45) is -0.457. The molecule has 10 nitrogen and oxygen atoms in total. The smallest absolute Gasteiger partial charge is 0.408 e. The van der Waals surface area contributed by atoms with Gasteiger partial charge in [0, 0.05) is 47.1 Å². The number of amides is 4. The lowest BCUT2D eigenvalue weighted by Gasteiger charge is -2.24. The van der Waals surface area contributed by atoms with Gasteiger partial charge < -0.3 is 15.0 Å². The normalized spacial score (nSPS) is 17.9. The molecular weight excluding hydrogens is 530 g/mol. The molecule has 1 aliphatic carbocycles. The maximum Gasteiger partial charge on any atom is 0.408 e. The number of hydrazine groups is 1. The zero-order valence-corrected chi connectivity index (χ0v) is 23.9. The summed E-state index contributed by atoms with van der Waals surface area (Å²) >= 11 is 1.47. The van der Waals surface area contributed by atoms with E-state index in [2.05, 4.69) is 21.2 Å². The second-order valence-corrected chi connectivity index (χ2v) is 11.8. The molecule has 0 aliphatic heterocycles. The molecule has 3 N–H and O–H groups in total. The molecule has 0 unspecified atom stereocenters. The van der Waals surface area contributed by atoms with Gasteiger partial charge in [-0.3, -0.25) is 25.2 Å². The van der Waals surface area contributed by atoms with E-state index in [4.69, 9.17) is 4.74 Å². The molecular formula is C29H33N5O5S. The summed E-state index contributed by atoms with van der Waals surface area (Å²) in [6, 6.07) is 15.5. The van der Waals surface area contributed by atoms with E-state index in [1.54, 1.807) is 40.0 Å². The number of hydrogen-bond donors (Lipinski definition) is 3. The Kier molecular flexibility index (Phi) is 8.24. The number of carbonyl (C=O) groups is 4. The highest BCUT2D eigenvalue weighted by atomic mass is 32.1. The Morgan fingerprint density at radius 2 is 1.75 bits per heavy atom. The summed E-state index contributed by atoms with van der Waals surface area (Å²) in [5.41, 5.74) is 5.01. The summed E-state index contributed by atoms with van der Waals surface area (Å²) < 4.78 is 5.65. The van der Waals surface area contributed by atoms with Crippen LogP contribution in [-0.2, 0) is 16.1 Å². The molecule has 2 atom stereocenters. The second-order valence-electron chi connectivity index (χ2n) is 10.9. The van der Waals surface area contributed by atoms with Crippen molar-refractivity contribution < 1.29 is 23.9 Å². The van der Waals surface area contributed by atoms with E-state index in [0.29, 0.717) is 12.1 Å². The molecule has 1 fully saturated rings. The van der Waals surface area contributed by atoms with Crippen LogP contribution in [0.4, 0.5) is 4.79 Å². The van der Waals surface area contributed by atoms with Crippen LogP contribution < -0.4 is 16.2 Å². The van der Waals surface area contributed by atoms with Crippen LogP contribution in [0.15, 0.2) is 60.0 Å². The van der Waals surface area contributed by atoms with Gasteiger partial charge in [0.05, 0.1) is 6.54 Å². The van der Waals surface area contributed by atoms with Crippen molar-refractivity contribution in [2.24, 2.45) is 0 Å². The summed E-state index contributed by atoms with van der Waals surface area (Å²) in [5, 5.41) is 5.44. The fourth-order valence-corrected chi connectivity index (χ4v) is 5.10. The summed E-state index contributed by atoms with van der Waals surface area (Å²) in [4.78, 5) is 57.7. The predicted molar refractivity (Wildman–Crippen MR) is 151 cm³/mol. The standard InChI is InChI=1S/C29H33N5O5S/c1-18-17-40-23(30-18)16-34(5)25(36)21-13-9-12-20(14-21)24(35)32-33-26(37)29(39-27(38)31-28(2,3)4)15-22(29)19-10-7-6-8-11-19/h6-14,17,22H,15-16H2,1-5H3,(H,31,38)(H,32,35)(H,33,37)/t22-,29+/m0/s1. The van der Waals surface area contributed by atoms with Gasteiger partial charge in [0.25, 0.3) is 17.7 Å². The molecule has 210 valence electrons. The lowest BCUT2D eigenvalue weighted by molar-refractivity contribution is -0.133. The quantitative estimate of drug-likeness (QED) is 0.374. The van der Waals surface area contributed by atoms with Crippen molar-refractivity contribution in [3.05, 3.63) is 87.4 Å². The summed E-state index contributed by atoms with van der Waals surface area (Å²) in [5.74, 6) is -1.90. The van der Waals surface area contributed by atoms with E-state index in [1.165, 1.54) is 28.4 Å². The SMILES string of the molecule is Cc1csc(CN(C)C(=O)c2cccc(C(=O)NNC(=O)[C@@]3(OC(=O)NC(C)(C)C)C[C@H]3c3ccccc3)c2)n1. The van der Waals surface area contributed by atoms with Gasteiger partial charge in [-0.05, 0) is 51.5 Å². The second kappa shape index (κ2) is 11.5. The van der Waals surface area contributed by atoms with Gasteiger partial charge in [0.1, 0.15) is 5.01 Å². The van der Waals surface area contributed by atoms with E-state index < -0.39 is 29.0 Å². The van der Waals surface area contributed by atoms with Gasteiger partial charge in [-0.25, -0.2) is 9.78 Å². The molecule has 40 heavy (non-hydrogen) atoms. The lowest BCUT2D eigenvalue weighted by atomic mass is 10.1. The van der Waals surface area contributed by atoms with Crippen LogP contribution in [0.1, 0.15) is 70.1 Å². The van der Waals surface area contributed by atoms with E-state index in [-0.39, 0.29) is 23.8 Å². The van der Waals surface area contributed by atoms with Crippen LogP contribution in [0.5, 0.6) is 0 Å². The Hall–Kier alpha value is -4.25. The highest BCUT2D eigenvalue weighted by Crippen LogP contribution is 2.54. The van der Waals surface area contributed by atoms with E-state index >= 15 is 0 Å². The van der Waals surface area contributed by atoms with Crippen LogP contribution in [0.3, 0.4) is 0 Å². The van der Waals surface area contributed by atoms with Crippen LogP contribution >= 0.6 is 11.3 Å². The Morgan fingerprint density at radius 3 is 2.40 bits per heavy atom. The van der Waals surface area contributed by atoms with Crippen LogP contribution in [0, 0.1) is 6.92 Å². The molecule has 4 rings (SSSR count). The van der Waals surface area contributed by atoms with Crippen molar-refractivity contribution >= 4 is 35.2 Å². The monoisotopic (exact) mass is 563 g/mol. The maximum absolute atomic E-state index is 13.3. The fourth-order valence-electron chi connectivity index (χ4n) is 4.28. The number of ether oxygens (including phenoxy) is 1. The third-order valence-electron chi connectivity index (χ3n) is 6.30. The summed E-state index contributed by atoms with van der Waals surface area (Å²) in [7, 11) is 1.67. The van der Waals surface area contributed by atoms with Crippen molar-refractivity contribution in [1.82, 2.24) is 26.1 Å². The van der Waals surface area contributed by atoms with Gasteiger partial charge in [0.15, 0.2) is 0 Å². The number of nitrogens with zero attached hydrogens (tertiary/aromatic N) is 2. The van der Waals surface area contributed by atoms with Crippen molar-refractivity contribution in [1.29, 1.82) is 0 Å². The first kappa shape index (κ1) is 28.8. The zero-order valence-electron chi connectivity index (χ0n) is 23.1. The predicted octanol–water partition coefficient (Wildman–Crippen LogP) is 3.94. The van der Waals surface area contributed by atoms with Crippen molar-refractivity contribution in [2.45, 2.75) is 57.7 Å². The van der Waals surface area contributed by atoms with Crippen molar-refractivity contribution in [2.75, 3.05) is 7.05 Å². The Bertz CT molecular complexity index is 1420. The molecule has 1 aromatic heterocycles. The first-order valence-electron chi connectivity index (χ1n) is 12.8. The molecule has 1 heterocycles. The number of carbonyl (C=O) groups excluding carboxylic acids is 4. The van der Waals surface area contributed by atoms with E-state index in [0.717, 1.165) is 16.3 Å². The topological polar surface area (TPSA) is 130 Å². The van der Waals surface area contributed by atoms with Gasteiger partial charge in [-0.2, -0.15) is 0 Å². The minimum atomic E-state index is -1.47. The van der Waals surface area contributed by atoms with E-state index in [1.807, 2.05) is 42.6 Å². The molecule has 1 aliphatic rings. The third-order valence-corrected chi connectivity index (χ3v) is 7.25. The van der Waals surface area contributed by atoms with Crippen LogP contribution in [0.2, 0.25) is 0 Å². The van der Waals surface area contributed by atoms with E-state index in [9.17, 15) is 19.2 Å². The largest absolute Gasteiger partial charge is 0.432 e. The molecule has 0 bridgehead atoms. The molecule has 3 aromatic rings. The lowest BCUT2D eigenvalue weighted by Crippen LogP contribution is -2.51. The summed E-state index contributed by atoms with van der Waals surface area (Å²) in [6.45, 7) is 7.65. The zero-order chi connectivity index (χ0) is 29.1. The fraction of sp³-hybridized carbons (Fsp3) is 0.345. The Labute approximate surface area is 237 Å². The molecule has 0 radical (unpaired) electrons. The highest BCUT2D eigenvalue weighted by molar-refractivity contribution is 7.09. The van der Waals surface area contributed by atoms with Crippen LogP contribution in [-0.4, -0.2) is 51.9 Å². The maximum atomic E-state index is 13.3. The number of nitrogens with one attached hydrogen (secondary N) is 3. The van der Waals surface area contributed by atoms with Gasteiger partial charge >= 0.3 is 6.09 Å². The van der Waals surface area contributed by atoms with Crippen molar-refractivity contribution in [3.8, 4) is 0 Å². The number of benzene rings is 2. The molecule has 0 spiro atoms.